The number of hydrogen-bond donors (Lipinski definition) is 3. The van der Waals surface area contributed by atoms with Crippen LogP contribution in [0.15, 0.2) is 66.9 Å². The molecule has 2 aliphatic rings. The number of ether oxygens (including phenoxy) is 1. The summed E-state index contributed by atoms with van der Waals surface area (Å²) in [6, 6.07) is 17.6. The number of anilines is 1. The third-order valence-corrected chi connectivity index (χ3v) is 7.17. The fourth-order valence-electron chi connectivity index (χ4n) is 5.29. The van der Waals surface area contributed by atoms with Gasteiger partial charge in [-0.05, 0) is 36.4 Å². The van der Waals surface area contributed by atoms with Crippen molar-refractivity contribution in [2.24, 2.45) is 5.92 Å². The fraction of sp³-hybridized carbons (Fsp3) is 0.333. The van der Waals surface area contributed by atoms with E-state index in [9.17, 15) is 24.7 Å². The smallest absolute Gasteiger partial charge is 0.408 e. The van der Waals surface area contributed by atoms with E-state index < -0.39 is 36.0 Å². The van der Waals surface area contributed by atoms with Gasteiger partial charge in [-0.2, -0.15) is 0 Å². The van der Waals surface area contributed by atoms with Crippen LogP contribution in [0.25, 0.3) is 10.9 Å². The number of hydrogen-bond acceptors (Lipinski definition) is 7. The third-order valence-electron chi connectivity index (χ3n) is 7.17. The van der Waals surface area contributed by atoms with Crippen LogP contribution >= 0.6 is 0 Å². The van der Waals surface area contributed by atoms with Crippen LogP contribution < -0.4 is 15.1 Å². The lowest BCUT2D eigenvalue weighted by Crippen LogP contribution is -2.64. The van der Waals surface area contributed by atoms with Crippen molar-refractivity contribution >= 4 is 34.5 Å². The highest BCUT2D eigenvalue weighted by Gasteiger charge is 2.48. The Bertz CT molecular complexity index is 1310. The van der Waals surface area contributed by atoms with Gasteiger partial charge < -0.3 is 19.6 Å². The number of amides is 3. The van der Waals surface area contributed by atoms with Gasteiger partial charge in [0.1, 0.15) is 17.9 Å². The average molecular weight is 520 g/mol. The molecule has 2 aliphatic heterocycles. The molecule has 11 heteroatoms. The van der Waals surface area contributed by atoms with Crippen molar-refractivity contribution in [1.82, 2.24) is 20.3 Å². The molecule has 2 saturated heterocycles. The van der Waals surface area contributed by atoms with Crippen LogP contribution in [0.2, 0.25) is 0 Å². The largest absolute Gasteiger partial charge is 0.489 e. The van der Waals surface area contributed by atoms with Crippen molar-refractivity contribution in [3.63, 3.8) is 0 Å². The molecule has 0 bridgehead atoms. The normalized spacial score (nSPS) is 21.7. The maximum Gasteiger partial charge on any atom is 0.408 e. The minimum Gasteiger partial charge on any atom is -0.489 e. The van der Waals surface area contributed by atoms with Gasteiger partial charge in [0.15, 0.2) is 0 Å². The van der Waals surface area contributed by atoms with E-state index in [1.54, 1.807) is 40.8 Å². The number of hydroxylamine groups is 1. The van der Waals surface area contributed by atoms with Crippen LogP contribution in [0.4, 0.5) is 10.5 Å². The Labute approximate surface area is 219 Å². The molecule has 2 aromatic carbocycles. The van der Waals surface area contributed by atoms with E-state index in [0.717, 1.165) is 21.5 Å². The average Bonchev–Trinajstić information content (AvgIpc) is 2.96. The van der Waals surface area contributed by atoms with Crippen molar-refractivity contribution in [1.29, 1.82) is 0 Å². The fourth-order valence-corrected chi connectivity index (χ4v) is 5.29. The molecule has 198 valence electrons. The molecule has 3 amide bonds. The van der Waals surface area contributed by atoms with Crippen LogP contribution in [0.5, 0.6) is 5.75 Å². The van der Waals surface area contributed by atoms with Gasteiger partial charge in [-0.1, -0.05) is 24.3 Å². The number of para-hydroxylation sites is 1. The molecule has 5 rings (SSSR count). The molecule has 0 spiro atoms. The van der Waals surface area contributed by atoms with Crippen molar-refractivity contribution in [2.45, 2.75) is 18.6 Å². The summed E-state index contributed by atoms with van der Waals surface area (Å²) in [5, 5.41) is 20.3. The summed E-state index contributed by atoms with van der Waals surface area (Å²) in [6.07, 6.45) is -0.299. The number of carbonyl (C=O) groups excluding carboxylic acids is 2. The Kier molecular flexibility index (Phi) is 7.27. The maximum atomic E-state index is 13.6. The molecular weight excluding hydrogens is 490 g/mol. The zero-order chi connectivity index (χ0) is 26.6. The summed E-state index contributed by atoms with van der Waals surface area (Å²) in [5.41, 5.74) is 3.45. The number of rotatable bonds is 5. The number of nitrogens with zero attached hydrogens (tertiary/aromatic N) is 4. The van der Waals surface area contributed by atoms with Crippen LogP contribution in [-0.4, -0.2) is 87.9 Å². The first kappa shape index (κ1) is 25.3. The van der Waals surface area contributed by atoms with Crippen LogP contribution in [0, 0.1) is 5.92 Å². The second-order valence-corrected chi connectivity index (χ2v) is 9.44. The molecule has 11 nitrogen and oxygen atoms in total. The number of fused-ring (bicyclic) bond motifs is 1. The van der Waals surface area contributed by atoms with Gasteiger partial charge in [-0.15, -0.1) is 0 Å². The van der Waals surface area contributed by atoms with Gasteiger partial charge in [0, 0.05) is 49.9 Å². The number of piperazine rings is 1. The van der Waals surface area contributed by atoms with Crippen LogP contribution in [0.1, 0.15) is 6.42 Å². The molecule has 3 atom stereocenters. The Morgan fingerprint density at radius 2 is 1.74 bits per heavy atom. The molecule has 38 heavy (non-hydrogen) atoms. The lowest BCUT2D eigenvalue weighted by Gasteiger charge is -2.44. The molecule has 0 aliphatic carbocycles. The van der Waals surface area contributed by atoms with Gasteiger partial charge in [0.05, 0.1) is 18.0 Å². The number of nitrogens with one attached hydrogen (secondary N) is 1. The quantitative estimate of drug-likeness (QED) is 0.345. The lowest BCUT2D eigenvalue weighted by molar-refractivity contribution is -0.150. The Morgan fingerprint density at radius 1 is 0.974 bits per heavy atom. The van der Waals surface area contributed by atoms with E-state index in [2.05, 4.69) is 9.88 Å². The first-order chi connectivity index (χ1) is 18.4. The number of carbonyl (C=O) groups is 3. The SMILES string of the molecule is O=C(NO)C1CC(Oc2ccc3ncccc3c2)CN(C(=O)O)C1C(=O)N1CCN(c2ccccc2)CC1. The Morgan fingerprint density at radius 3 is 2.45 bits per heavy atom. The Hall–Kier alpha value is -4.38. The van der Waals surface area contributed by atoms with E-state index in [1.165, 1.54) is 0 Å². The number of pyridine rings is 1. The first-order valence-electron chi connectivity index (χ1n) is 12.5. The summed E-state index contributed by atoms with van der Waals surface area (Å²) in [5.74, 6) is -1.92. The predicted octanol–water partition coefficient (Wildman–Crippen LogP) is 2.20. The zero-order valence-corrected chi connectivity index (χ0v) is 20.6. The predicted molar refractivity (Wildman–Crippen MR) is 138 cm³/mol. The van der Waals surface area contributed by atoms with E-state index >= 15 is 0 Å². The molecule has 3 aromatic rings. The summed E-state index contributed by atoms with van der Waals surface area (Å²) >= 11 is 0. The highest BCUT2D eigenvalue weighted by atomic mass is 16.5. The second kappa shape index (κ2) is 10.9. The first-order valence-corrected chi connectivity index (χ1v) is 12.5. The molecule has 0 radical (unpaired) electrons. The standard InChI is InChI=1S/C27H29N5O6/c33-25(29-37)22-16-21(38-20-8-9-23-18(15-20)5-4-10-28-23)17-32(27(35)36)24(22)26(34)31-13-11-30(12-14-31)19-6-2-1-3-7-19/h1-10,15,21-22,24,37H,11-14,16-17H2,(H,29,33)(H,35,36). The van der Waals surface area contributed by atoms with Crippen molar-refractivity contribution < 1.29 is 29.4 Å². The summed E-state index contributed by atoms with van der Waals surface area (Å²) in [6.45, 7) is 1.83. The second-order valence-electron chi connectivity index (χ2n) is 9.44. The van der Waals surface area contributed by atoms with E-state index in [-0.39, 0.29) is 13.0 Å². The monoisotopic (exact) mass is 519 g/mol. The van der Waals surface area contributed by atoms with Crippen molar-refractivity contribution in [2.75, 3.05) is 37.6 Å². The van der Waals surface area contributed by atoms with Crippen LogP contribution in [-0.2, 0) is 9.59 Å². The molecule has 0 saturated carbocycles. The highest BCUT2D eigenvalue weighted by molar-refractivity contribution is 5.92. The third kappa shape index (κ3) is 5.18. The Balaban J connectivity index is 1.33. The molecular formula is C27H29N5O6. The lowest BCUT2D eigenvalue weighted by atomic mass is 9.86. The van der Waals surface area contributed by atoms with Gasteiger partial charge in [0.25, 0.3) is 0 Å². The summed E-state index contributed by atoms with van der Waals surface area (Å²) < 4.78 is 6.08. The summed E-state index contributed by atoms with van der Waals surface area (Å²) in [7, 11) is 0. The topological polar surface area (TPSA) is 136 Å². The number of aromatic nitrogens is 1. The molecule has 3 heterocycles. The number of carboxylic acid groups (broad SMARTS) is 1. The number of benzene rings is 2. The van der Waals surface area contributed by atoms with Gasteiger partial charge >= 0.3 is 6.09 Å². The minimum atomic E-state index is -1.34. The van der Waals surface area contributed by atoms with E-state index in [0.29, 0.717) is 31.9 Å². The summed E-state index contributed by atoms with van der Waals surface area (Å²) in [4.78, 5) is 47.7. The van der Waals surface area contributed by atoms with Crippen molar-refractivity contribution in [3.05, 3.63) is 66.9 Å². The number of piperidine rings is 1. The highest BCUT2D eigenvalue weighted by Crippen LogP contribution is 2.30. The van der Waals surface area contributed by atoms with Gasteiger partial charge in [-0.3, -0.25) is 24.7 Å². The molecule has 3 N–H and O–H groups in total. The molecule has 3 unspecified atom stereocenters. The number of likely N-dealkylation sites (tertiary alicyclic amines) is 1. The van der Waals surface area contributed by atoms with Gasteiger partial charge in [-0.25, -0.2) is 10.3 Å². The van der Waals surface area contributed by atoms with Crippen LogP contribution in [0.3, 0.4) is 0 Å². The minimum absolute atomic E-state index is 0.0572. The zero-order valence-electron chi connectivity index (χ0n) is 20.6. The van der Waals surface area contributed by atoms with E-state index in [1.807, 2.05) is 36.4 Å². The molecule has 2 fully saturated rings. The van der Waals surface area contributed by atoms with E-state index in [4.69, 9.17) is 4.74 Å². The van der Waals surface area contributed by atoms with Crippen molar-refractivity contribution in [3.8, 4) is 5.75 Å². The van der Waals surface area contributed by atoms with Gasteiger partial charge in [0.2, 0.25) is 11.8 Å². The maximum absolute atomic E-state index is 13.6. The molecule has 1 aromatic heterocycles.